The highest BCUT2D eigenvalue weighted by atomic mass is 127. The summed E-state index contributed by atoms with van der Waals surface area (Å²) in [7, 11) is 0. The summed E-state index contributed by atoms with van der Waals surface area (Å²) < 4.78 is 24.9. The molecule has 0 saturated carbocycles. The Hall–Kier alpha value is -1.37. The van der Waals surface area contributed by atoms with Crippen molar-refractivity contribution in [3.63, 3.8) is 0 Å². The number of nitrogens with zero attached hydrogens (tertiary/aromatic N) is 3. The van der Waals surface area contributed by atoms with Gasteiger partial charge in [0.05, 0.1) is 23.1 Å². The quantitative estimate of drug-likeness (QED) is 0.482. The first-order valence-electron chi connectivity index (χ1n) is 3.96. The summed E-state index contributed by atoms with van der Waals surface area (Å²) in [4.78, 5) is 13.4. The monoisotopic (exact) mass is 339 g/mol. The summed E-state index contributed by atoms with van der Waals surface area (Å²) in [5.41, 5.74) is -1.12. The van der Waals surface area contributed by atoms with Crippen LogP contribution in [0.25, 0.3) is 0 Å². The van der Waals surface area contributed by atoms with E-state index in [1.54, 1.807) is 28.7 Å². The first-order valence-corrected chi connectivity index (χ1v) is 5.04. The molecule has 1 rings (SSSR count). The highest BCUT2D eigenvalue weighted by molar-refractivity contribution is 14.1. The van der Waals surface area contributed by atoms with Gasteiger partial charge >= 0.3 is 0 Å². The maximum absolute atomic E-state index is 12.4. The largest absolute Gasteiger partial charge is 0.286 e. The Labute approximate surface area is 102 Å². The molecule has 0 fully saturated rings. The number of hydrogen-bond donors (Lipinski definition) is 0. The molecule has 1 aromatic rings. The normalized spacial score (nSPS) is 10.2. The fourth-order valence-corrected chi connectivity index (χ4v) is 1.69. The Balaban J connectivity index is 3.40. The van der Waals surface area contributed by atoms with Crippen molar-refractivity contribution in [2.24, 2.45) is 0 Å². The molecule has 0 aliphatic rings. The molecule has 0 saturated heterocycles. The van der Waals surface area contributed by atoms with Gasteiger partial charge in [-0.15, -0.1) is 0 Å². The summed E-state index contributed by atoms with van der Waals surface area (Å²) in [6, 6.07) is 2.45. The van der Waals surface area contributed by atoms with E-state index in [0.29, 0.717) is 0 Å². The van der Waals surface area contributed by atoms with E-state index < -0.39 is 22.7 Å². The molecule has 0 unspecified atom stereocenters. The predicted molar refractivity (Wildman–Crippen MR) is 57.9 cm³/mol. The Morgan fingerprint density at radius 1 is 1.69 bits per heavy atom. The zero-order valence-corrected chi connectivity index (χ0v) is 9.81. The molecule has 5 nitrogen and oxygen atoms in total. The lowest BCUT2D eigenvalue weighted by atomic mass is 10.2. The average molecular weight is 339 g/mol. The van der Waals surface area contributed by atoms with Crippen molar-refractivity contribution in [3.8, 4) is 6.07 Å². The van der Waals surface area contributed by atoms with Crippen LogP contribution < -0.4 is 0 Å². The molecule has 0 aromatic carbocycles. The van der Waals surface area contributed by atoms with Crippen molar-refractivity contribution in [2.45, 2.75) is 12.8 Å². The van der Waals surface area contributed by atoms with Crippen LogP contribution in [-0.4, -0.2) is 9.91 Å². The van der Waals surface area contributed by atoms with E-state index in [1.165, 1.54) is 0 Å². The molecule has 0 atom stereocenters. The summed E-state index contributed by atoms with van der Waals surface area (Å²) in [6.45, 7) is 0. The fourth-order valence-electron chi connectivity index (χ4n) is 1.03. The van der Waals surface area contributed by atoms with Gasteiger partial charge in [0, 0.05) is 6.07 Å². The Bertz CT molecular complexity index is 473. The number of alkyl halides is 2. The van der Waals surface area contributed by atoms with Gasteiger partial charge in [-0.25, -0.2) is 13.8 Å². The SMILES string of the molecule is N#CCc1nc(C(F)F)cc([N+](=O)[O-])c1I. The molecule has 8 heteroatoms. The third-order valence-electron chi connectivity index (χ3n) is 1.69. The molecule has 1 aromatic heterocycles. The number of halogens is 3. The molecule has 0 N–H and O–H groups in total. The lowest BCUT2D eigenvalue weighted by Gasteiger charge is -2.04. The Morgan fingerprint density at radius 3 is 2.75 bits per heavy atom. The van der Waals surface area contributed by atoms with Gasteiger partial charge in [-0.2, -0.15) is 5.26 Å². The summed E-state index contributed by atoms with van der Waals surface area (Å²) in [5, 5.41) is 19.1. The van der Waals surface area contributed by atoms with E-state index in [9.17, 15) is 18.9 Å². The molecule has 0 amide bonds. The summed E-state index contributed by atoms with van der Waals surface area (Å²) >= 11 is 1.62. The van der Waals surface area contributed by atoms with Gasteiger partial charge in [-0.3, -0.25) is 10.1 Å². The smallest absolute Gasteiger partial charge is 0.258 e. The second-order valence-electron chi connectivity index (χ2n) is 2.72. The molecule has 84 valence electrons. The lowest BCUT2D eigenvalue weighted by Crippen LogP contribution is -2.03. The van der Waals surface area contributed by atoms with Crippen LogP contribution in [0.4, 0.5) is 14.5 Å². The standard InChI is InChI=1S/C8H4F2IN3O2/c9-8(10)5-3-6(14(15)16)7(11)4(13-5)1-2-12/h3,8H,1H2. The molecular formula is C8H4F2IN3O2. The van der Waals surface area contributed by atoms with Crippen LogP contribution in [0, 0.1) is 25.0 Å². The van der Waals surface area contributed by atoms with E-state index in [-0.39, 0.29) is 15.7 Å². The van der Waals surface area contributed by atoms with E-state index in [0.717, 1.165) is 6.07 Å². The average Bonchev–Trinajstić information content (AvgIpc) is 2.20. The second kappa shape index (κ2) is 5.11. The first kappa shape index (κ1) is 12.7. The predicted octanol–water partition coefficient (Wildman–Crippen LogP) is 2.60. The highest BCUT2D eigenvalue weighted by Crippen LogP contribution is 2.28. The van der Waals surface area contributed by atoms with Crippen LogP contribution in [0.1, 0.15) is 17.8 Å². The number of pyridine rings is 1. The number of aromatic nitrogens is 1. The number of nitriles is 1. The second-order valence-corrected chi connectivity index (χ2v) is 3.80. The molecular weight excluding hydrogens is 335 g/mol. The topological polar surface area (TPSA) is 79.8 Å². The van der Waals surface area contributed by atoms with Crippen LogP contribution in [0.2, 0.25) is 0 Å². The van der Waals surface area contributed by atoms with Crippen molar-refractivity contribution in [3.05, 3.63) is 31.1 Å². The minimum Gasteiger partial charge on any atom is -0.258 e. The maximum Gasteiger partial charge on any atom is 0.286 e. The van der Waals surface area contributed by atoms with Crippen molar-refractivity contribution in [2.75, 3.05) is 0 Å². The minimum absolute atomic E-state index is 0.00704. The van der Waals surface area contributed by atoms with Crippen molar-refractivity contribution in [1.29, 1.82) is 5.26 Å². The fraction of sp³-hybridized carbons (Fsp3) is 0.250. The van der Waals surface area contributed by atoms with Crippen LogP contribution in [0.15, 0.2) is 6.07 Å². The molecule has 0 radical (unpaired) electrons. The van der Waals surface area contributed by atoms with Crippen LogP contribution in [0.3, 0.4) is 0 Å². The Kier molecular flexibility index (Phi) is 4.05. The minimum atomic E-state index is -2.90. The number of nitro groups is 1. The van der Waals surface area contributed by atoms with Gasteiger partial charge in [-0.1, -0.05) is 0 Å². The van der Waals surface area contributed by atoms with E-state index >= 15 is 0 Å². The molecule has 0 aliphatic heterocycles. The molecule has 1 heterocycles. The molecule has 0 aliphatic carbocycles. The van der Waals surface area contributed by atoms with E-state index in [4.69, 9.17) is 5.26 Å². The van der Waals surface area contributed by atoms with Gasteiger partial charge < -0.3 is 0 Å². The van der Waals surface area contributed by atoms with Gasteiger partial charge in [-0.05, 0) is 22.6 Å². The van der Waals surface area contributed by atoms with Gasteiger partial charge in [0.2, 0.25) is 0 Å². The van der Waals surface area contributed by atoms with Crippen LogP contribution in [0.5, 0.6) is 0 Å². The Morgan fingerprint density at radius 2 is 2.31 bits per heavy atom. The third-order valence-corrected chi connectivity index (χ3v) is 2.87. The zero-order valence-electron chi connectivity index (χ0n) is 7.65. The van der Waals surface area contributed by atoms with Crippen molar-refractivity contribution >= 4 is 28.3 Å². The van der Waals surface area contributed by atoms with Gasteiger partial charge in [0.1, 0.15) is 9.26 Å². The third kappa shape index (κ3) is 2.60. The van der Waals surface area contributed by atoms with E-state index in [2.05, 4.69) is 4.98 Å². The first-order chi connectivity index (χ1) is 7.47. The highest BCUT2D eigenvalue weighted by Gasteiger charge is 2.22. The molecule has 0 bridgehead atoms. The van der Waals surface area contributed by atoms with Gasteiger partial charge in [0.25, 0.3) is 12.1 Å². The van der Waals surface area contributed by atoms with Crippen LogP contribution in [-0.2, 0) is 6.42 Å². The van der Waals surface area contributed by atoms with Crippen molar-refractivity contribution in [1.82, 2.24) is 4.98 Å². The van der Waals surface area contributed by atoms with Crippen LogP contribution >= 0.6 is 22.6 Å². The molecule has 0 spiro atoms. The summed E-state index contributed by atoms with van der Waals surface area (Å²) in [5.74, 6) is 0. The zero-order chi connectivity index (χ0) is 12.3. The number of hydrogen-bond acceptors (Lipinski definition) is 4. The van der Waals surface area contributed by atoms with Gasteiger partial charge in [0.15, 0.2) is 0 Å². The van der Waals surface area contributed by atoms with Crippen molar-refractivity contribution < 1.29 is 13.7 Å². The van der Waals surface area contributed by atoms with E-state index in [1.807, 2.05) is 0 Å². The number of rotatable bonds is 3. The maximum atomic E-state index is 12.4. The molecule has 16 heavy (non-hydrogen) atoms. The summed E-state index contributed by atoms with van der Waals surface area (Å²) in [6.07, 6.45) is -3.13. The lowest BCUT2D eigenvalue weighted by molar-refractivity contribution is -0.386.